The number of hydrogen-bond donors (Lipinski definition) is 0. The Labute approximate surface area is 146 Å². The van der Waals surface area contributed by atoms with Crippen LogP contribution >= 0.6 is 11.3 Å². The van der Waals surface area contributed by atoms with E-state index in [1.165, 1.54) is 17.8 Å². The van der Waals surface area contributed by atoms with E-state index < -0.39 is 0 Å². The number of amides is 1. The lowest BCUT2D eigenvalue weighted by Crippen LogP contribution is -2.47. The van der Waals surface area contributed by atoms with Gasteiger partial charge < -0.3 is 0 Å². The summed E-state index contributed by atoms with van der Waals surface area (Å²) in [5.41, 5.74) is 0. The second kappa shape index (κ2) is 7.40. The van der Waals surface area contributed by atoms with Gasteiger partial charge in [0.05, 0.1) is 13.1 Å². The zero-order valence-corrected chi connectivity index (χ0v) is 15.3. The average Bonchev–Trinajstić information content (AvgIpc) is 3.19. The van der Waals surface area contributed by atoms with Crippen molar-refractivity contribution in [1.82, 2.24) is 24.6 Å². The number of hydrogen-bond acceptors (Lipinski definition) is 6. The third-order valence-corrected chi connectivity index (χ3v) is 5.36. The van der Waals surface area contributed by atoms with Gasteiger partial charge in [-0.25, -0.2) is 14.6 Å². The highest BCUT2D eigenvalue weighted by Crippen LogP contribution is 2.20. The molecule has 0 spiro atoms. The first kappa shape index (κ1) is 17.0. The van der Waals surface area contributed by atoms with Gasteiger partial charge in [-0.2, -0.15) is 5.10 Å². The van der Waals surface area contributed by atoms with E-state index in [9.17, 15) is 4.79 Å². The number of anilines is 1. The van der Waals surface area contributed by atoms with Crippen LogP contribution in [0.3, 0.4) is 0 Å². The van der Waals surface area contributed by atoms with Crippen molar-refractivity contribution in [2.45, 2.75) is 45.7 Å². The molecule has 0 aromatic carbocycles. The summed E-state index contributed by atoms with van der Waals surface area (Å²) in [7, 11) is 1.80. The summed E-state index contributed by atoms with van der Waals surface area (Å²) < 4.78 is 1.97. The van der Waals surface area contributed by atoms with Gasteiger partial charge in [-0.15, -0.1) is 11.3 Å². The highest BCUT2D eigenvalue weighted by Gasteiger charge is 2.27. The molecule has 3 rings (SSSR count). The molecule has 2 aromatic heterocycles. The molecule has 8 heteroatoms. The third kappa shape index (κ3) is 3.81. The average molecular weight is 348 g/mol. The Bertz CT molecular complexity index is 683. The highest BCUT2D eigenvalue weighted by atomic mass is 32.1. The Kier molecular flexibility index (Phi) is 5.25. The summed E-state index contributed by atoms with van der Waals surface area (Å²) in [4.78, 5) is 25.1. The Morgan fingerprint density at radius 2 is 2.25 bits per heavy atom. The molecule has 1 saturated heterocycles. The maximum Gasteiger partial charge on any atom is 0.242 e. The molecule has 0 radical (unpaired) electrons. The predicted molar refractivity (Wildman–Crippen MR) is 94.2 cm³/mol. The number of aryl methyl sites for hydroxylation is 2. The topological polar surface area (TPSA) is 67.2 Å². The van der Waals surface area contributed by atoms with Crippen LogP contribution < -0.4 is 4.90 Å². The van der Waals surface area contributed by atoms with Crippen LogP contribution in [-0.2, 0) is 11.3 Å². The van der Waals surface area contributed by atoms with Crippen LogP contribution in [0.2, 0.25) is 0 Å². The molecule has 0 N–H and O–H groups in total. The number of thiazole rings is 1. The van der Waals surface area contributed by atoms with E-state index >= 15 is 0 Å². The van der Waals surface area contributed by atoms with Gasteiger partial charge >= 0.3 is 0 Å². The molecular formula is C16H24N6OS. The summed E-state index contributed by atoms with van der Waals surface area (Å²) in [5, 5.41) is 7.10. The molecule has 1 aliphatic rings. The number of rotatable bonds is 5. The van der Waals surface area contributed by atoms with Crippen LogP contribution in [0.5, 0.6) is 0 Å². The lowest BCUT2D eigenvalue weighted by Gasteiger charge is -2.35. The summed E-state index contributed by atoms with van der Waals surface area (Å²) in [5.74, 6) is 1.82. The van der Waals surface area contributed by atoms with Crippen LogP contribution in [0.1, 0.15) is 30.9 Å². The van der Waals surface area contributed by atoms with Crippen LogP contribution in [0.25, 0.3) is 0 Å². The fourth-order valence-corrected chi connectivity index (χ4v) is 3.80. The first-order chi connectivity index (χ1) is 11.5. The largest absolute Gasteiger partial charge is 0.290 e. The Hall–Kier alpha value is -1.80. The SMILES string of the molecule is Cc1nc(C)n(C[C@@H]2CCCCN2CC(=O)N(C)c2nccs2)n1. The van der Waals surface area contributed by atoms with Crippen LogP contribution in [-0.4, -0.2) is 56.7 Å². The quantitative estimate of drug-likeness (QED) is 0.825. The van der Waals surface area contributed by atoms with Crippen LogP contribution in [0.15, 0.2) is 11.6 Å². The molecule has 0 unspecified atom stereocenters. The molecule has 24 heavy (non-hydrogen) atoms. The van der Waals surface area contributed by atoms with Crippen LogP contribution in [0, 0.1) is 13.8 Å². The Balaban J connectivity index is 1.66. The van der Waals surface area contributed by atoms with Crippen molar-refractivity contribution >= 4 is 22.4 Å². The molecular weight excluding hydrogens is 324 g/mol. The number of likely N-dealkylation sites (tertiary alicyclic amines) is 1. The molecule has 0 bridgehead atoms. The van der Waals surface area contributed by atoms with Gasteiger partial charge in [-0.05, 0) is 33.2 Å². The van der Waals surface area contributed by atoms with Crippen molar-refractivity contribution in [3.05, 3.63) is 23.2 Å². The summed E-state index contributed by atoms with van der Waals surface area (Å²) in [6.07, 6.45) is 5.15. The lowest BCUT2D eigenvalue weighted by atomic mass is 10.0. The minimum atomic E-state index is 0.0864. The summed E-state index contributed by atoms with van der Waals surface area (Å²) in [6.45, 7) is 6.06. The monoisotopic (exact) mass is 348 g/mol. The van der Waals surface area contributed by atoms with E-state index in [0.29, 0.717) is 12.6 Å². The normalized spacial score (nSPS) is 18.7. The number of nitrogens with zero attached hydrogens (tertiary/aromatic N) is 6. The van der Waals surface area contributed by atoms with Crippen LogP contribution in [0.4, 0.5) is 5.13 Å². The second-order valence-corrected chi connectivity index (χ2v) is 7.15. The maximum atomic E-state index is 12.6. The third-order valence-electron chi connectivity index (χ3n) is 4.51. The van der Waals surface area contributed by atoms with Gasteiger partial charge in [0.2, 0.25) is 5.91 Å². The molecule has 1 atom stereocenters. The zero-order valence-electron chi connectivity index (χ0n) is 14.5. The maximum absolute atomic E-state index is 12.6. The van der Waals surface area contributed by atoms with Gasteiger partial charge in [0, 0.05) is 24.7 Å². The molecule has 1 fully saturated rings. The fraction of sp³-hybridized carbons (Fsp3) is 0.625. The van der Waals surface area contributed by atoms with Gasteiger partial charge in [0.15, 0.2) is 5.13 Å². The highest BCUT2D eigenvalue weighted by molar-refractivity contribution is 7.13. The minimum absolute atomic E-state index is 0.0864. The number of aromatic nitrogens is 4. The lowest BCUT2D eigenvalue weighted by molar-refractivity contribution is -0.120. The van der Waals surface area contributed by atoms with Gasteiger partial charge in [-0.3, -0.25) is 14.6 Å². The van der Waals surface area contributed by atoms with E-state index in [4.69, 9.17) is 0 Å². The van der Waals surface area contributed by atoms with Gasteiger partial charge in [0.1, 0.15) is 11.6 Å². The van der Waals surface area contributed by atoms with Crippen molar-refractivity contribution in [3.63, 3.8) is 0 Å². The minimum Gasteiger partial charge on any atom is -0.290 e. The van der Waals surface area contributed by atoms with E-state index in [-0.39, 0.29) is 5.91 Å². The van der Waals surface area contributed by atoms with E-state index in [0.717, 1.165) is 42.7 Å². The van der Waals surface area contributed by atoms with Gasteiger partial charge in [0.25, 0.3) is 0 Å². The molecule has 3 heterocycles. The molecule has 0 saturated carbocycles. The second-order valence-electron chi connectivity index (χ2n) is 6.28. The van der Waals surface area contributed by atoms with Crippen molar-refractivity contribution in [2.24, 2.45) is 0 Å². The van der Waals surface area contributed by atoms with Crippen molar-refractivity contribution in [3.8, 4) is 0 Å². The number of carbonyl (C=O) groups is 1. The summed E-state index contributed by atoms with van der Waals surface area (Å²) in [6, 6.07) is 0.326. The zero-order chi connectivity index (χ0) is 17.1. The summed E-state index contributed by atoms with van der Waals surface area (Å²) >= 11 is 1.48. The van der Waals surface area contributed by atoms with Crippen molar-refractivity contribution < 1.29 is 4.79 Å². The number of piperidine rings is 1. The Morgan fingerprint density at radius 1 is 1.42 bits per heavy atom. The number of carbonyl (C=O) groups excluding carboxylic acids is 1. The van der Waals surface area contributed by atoms with Crippen molar-refractivity contribution in [2.75, 3.05) is 25.0 Å². The molecule has 0 aliphatic carbocycles. The van der Waals surface area contributed by atoms with E-state index in [1.54, 1.807) is 18.1 Å². The molecule has 1 aliphatic heterocycles. The fourth-order valence-electron chi connectivity index (χ4n) is 3.18. The first-order valence-electron chi connectivity index (χ1n) is 8.32. The smallest absolute Gasteiger partial charge is 0.242 e. The molecule has 2 aromatic rings. The van der Waals surface area contributed by atoms with Crippen molar-refractivity contribution in [1.29, 1.82) is 0 Å². The molecule has 1 amide bonds. The van der Waals surface area contributed by atoms with E-state index in [2.05, 4.69) is 20.0 Å². The standard InChI is InChI=1S/C16H24N6OS/c1-12-18-13(2)22(19-12)10-14-6-4-5-8-21(14)11-15(23)20(3)16-17-7-9-24-16/h7,9,14H,4-6,8,10-11H2,1-3H3/t14-/m0/s1. The Morgan fingerprint density at radius 3 is 2.92 bits per heavy atom. The van der Waals surface area contributed by atoms with Gasteiger partial charge in [-0.1, -0.05) is 6.42 Å². The predicted octanol–water partition coefficient (Wildman–Crippen LogP) is 1.87. The molecule has 130 valence electrons. The number of likely N-dealkylation sites (N-methyl/N-ethyl adjacent to an activating group) is 1. The first-order valence-corrected chi connectivity index (χ1v) is 9.20. The molecule has 7 nitrogen and oxygen atoms in total. The van der Waals surface area contributed by atoms with E-state index in [1.807, 2.05) is 23.9 Å².